The van der Waals surface area contributed by atoms with Crippen molar-refractivity contribution in [2.45, 2.75) is 57.7 Å². The van der Waals surface area contributed by atoms with Gasteiger partial charge in [0.2, 0.25) is 5.91 Å². The predicted molar refractivity (Wildman–Crippen MR) is 78.8 cm³/mol. The van der Waals surface area contributed by atoms with E-state index in [4.69, 9.17) is 9.47 Å². The molecular formula is C16H23NO5. The first kappa shape index (κ1) is 16.5. The van der Waals surface area contributed by atoms with Crippen LogP contribution in [0.15, 0.2) is 12.2 Å². The van der Waals surface area contributed by atoms with Crippen LogP contribution in [0.25, 0.3) is 0 Å². The molecule has 2 bridgehead atoms. The van der Waals surface area contributed by atoms with Gasteiger partial charge in [0.15, 0.2) is 0 Å². The zero-order valence-corrected chi connectivity index (χ0v) is 13.4. The van der Waals surface area contributed by atoms with Gasteiger partial charge in [-0.2, -0.15) is 0 Å². The fourth-order valence-electron chi connectivity index (χ4n) is 3.05. The molecule has 2 aliphatic rings. The van der Waals surface area contributed by atoms with E-state index in [2.05, 4.69) is 11.9 Å². The van der Waals surface area contributed by atoms with Crippen molar-refractivity contribution < 1.29 is 23.9 Å². The molecule has 1 amide bonds. The number of carbonyl (C=O) groups excluding carboxylic acids is 3. The van der Waals surface area contributed by atoms with Gasteiger partial charge in [0, 0.05) is 18.5 Å². The van der Waals surface area contributed by atoms with E-state index in [0.717, 1.165) is 0 Å². The van der Waals surface area contributed by atoms with Gasteiger partial charge in [-0.3, -0.25) is 14.4 Å². The molecule has 22 heavy (non-hydrogen) atoms. The molecule has 1 heterocycles. The largest absolute Gasteiger partial charge is 0.455 e. The van der Waals surface area contributed by atoms with Gasteiger partial charge < -0.3 is 14.8 Å². The van der Waals surface area contributed by atoms with Crippen LogP contribution in [-0.4, -0.2) is 35.6 Å². The van der Waals surface area contributed by atoms with Gasteiger partial charge in [0.1, 0.15) is 11.2 Å². The van der Waals surface area contributed by atoms with Gasteiger partial charge in [-0.15, -0.1) is 0 Å². The third kappa shape index (κ3) is 3.00. The summed E-state index contributed by atoms with van der Waals surface area (Å²) in [6.07, 6.45) is 1.93. The van der Waals surface area contributed by atoms with E-state index < -0.39 is 17.2 Å². The molecule has 3 atom stereocenters. The fourth-order valence-corrected chi connectivity index (χ4v) is 3.05. The van der Waals surface area contributed by atoms with Gasteiger partial charge >= 0.3 is 11.9 Å². The van der Waals surface area contributed by atoms with Crippen LogP contribution in [0.4, 0.5) is 0 Å². The van der Waals surface area contributed by atoms with Crippen LogP contribution in [0.3, 0.4) is 0 Å². The highest BCUT2D eigenvalue weighted by Gasteiger charge is 2.60. The van der Waals surface area contributed by atoms with E-state index in [0.29, 0.717) is 24.8 Å². The quantitative estimate of drug-likeness (QED) is 0.614. The molecule has 2 rings (SSSR count). The number of rotatable bonds is 5. The van der Waals surface area contributed by atoms with Crippen LogP contribution in [0.1, 0.15) is 46.5 Å². The number of amides is 1. The number of ether oxygens (including phenoxy) is 2. The van der Waals surface area contributed by atoms with Crippen molar-refractivity contribution in [3.63, 3.8) is 0 Å². The average Bonchev–Trinajstić information content (AvgIpc) is 2.68. The molecule has 1 aliphatic heterocycles. The Hall–Kier alpha value is -1.85. The molecule has 6 nitrogen and oxygen atoms in total. The molecule has 0 aromatic carbocycles. The summed E-state index contributed by atoms with van der Waals surface area (Å²) in [6, 6.07) is 0. The third-order valence-electron chi connectivity index (χ3n) is 4.73. The molecular weight excluding hydrogens is 286 g/mol. The number of nitrogens with one attached hydrogen (secondary N) is 1. The summed E-state index contributed by atoms with van der Waals surface area (Å²) in [4.78, 5) is 35.1. The van der Waals surface area contributed by atoms with Crippen LogP contribution in [0.2, 0.25) is 0 Å². The molecule has 0 spiro atoms. The Morgan fingerprint density at radius 1 is 1.45 bits per heavy atom. The minimum Gasteiger partial charge on any atom is -0.455 e. The fraction of sp³-hybridized carbons (Fsp3) is 0.688. The molecule has 1 saturated carbocycles. The van der Waals surface area contributed by atoms with Gasteiger partial charge in [0.05, 0.1) is 12.3 Å². The summed E-state index contributed by atoms with van der Waals surface area (Å²) >= 11 is 0. The predicted octanol–water partition coefficient (Wildman–Crippen LogP) is 1.49. The van der Waals surface area contributed by atoms with Crippen LogP contribution in [0, 0.1) is 5.92 Å². The minimum absolute atomic E-state index is 0.0715. The zero-order chi connectivity index (χ0) is 16.5. The summed E-state index contributed by atoms with van der Waals surface area (Å²) in [5.41, 5.74) is -1.18. The third-order valence-corrected chi connectivity index (χ3v) is 4.73. The maximum atomic E-state index is 12.0. The van der Waals surface area contributed by atoms with Crippen LogP contribution < -0.4 is 5.32 Å². The summed E-state index contributed by atoms with van der Waals surface area (Å²) in [5, 5.41) is 2.59. The second-order valence-corrected chi connectivity index (χ2v) is 6.58. The Morgan fingerprint density at radius 2 is 2.14 bits per heavy atom. The topological polar surface area (TPSA) is 81.7 Å². The van der Waals surface area contributed by atoms with Gasteiger partial charge in [-0.1, -0.05) is 6.58 Å². The highest BCUT2D eigenvalue weighted by Crippen LogP contribution is 2.50. The van der Waals surface area contributed by atoms with Crippen LogP contribution in [0.5, 0.6) is 0 Å². The first-order valence-corrected chi connectivity index (χ1v) is 7.55. The lowest BCUT2D eigenvalue weighted by molar-refractivity contribution is -0.197. The highest BCUT2D eigenvalue weighted by atomic mass is 16.6. The molecule has 1 saturated heterocycles. The van der Waals surface area contributed by atoms with Crippen LogP contribution in [-0.2, 0) is 23.9 Å². The summed E-state index contributed by atoms with van der Waals surface area (Å²) in [6.45, 7) is 8.95. The second kappa shape index (κ2) is 5.74. The van der Waals surface area contributed by atoms with Crippen molar-refractivity contribution in [3.8, 4) is 0 Å². The van der Waals surface area contributed by atoms with Crippen molar-refractivity contribution in [3.05, 3.63) is 12.2 Å². The first-order chi connectivity index (χ1) is 10.2. The average molecular weight is 309 g/mol. The smallest absolute Gasteiger partial charge is 0.309 e. The molecule has 6 heteroatoms. The Bertz CT molecular complexity index is 529. The Morgan fingerprint density at radius 3 is 2.77 bits per heavy atom. The molecule has 1 N–H and O–H groups in total. The van der Waals surface area contributed by atoms with Crippen molar-refractivity contribution in [2.75, 3.05) is 6.54 Å². The first-order valence-electron chi connectivity index (χ1n) is 7.55. The van der Waals surface area contributed by atoms with Gasteiger partial charge in [-0.05, 0) is 33.6 Å². The highest BCUT2D eigenvalue weighted by molar-refractivity contribution is 5.92. The molecule has 3 unspecified atom stereocenters. The maximum Gasteiger partial charge on any atom is 0.309 e. The lowest BCUT2D eigenvalue weighted by Gasteiger charge is -2.43. The molecule has 122 valence electrons. The van der Waals surface area contributed by atoms with E-state index in [1.54, 1.807) is 6.92 Å². The van der Waals surface area contributed by atoms with E-state index in [9.17, 15) is 14.4 Å². The zero-order valence-electron chi connectivity index (χ0n) is 13.4. The standard InChI is InChI=1S/C16H23NO5/c1-10(2)13(19)17-8-6-12(18)21-15(3)7-5-11-9-16(15,4)22-14(11)20/h11H,1,5-9H2,2-4H3,(H,17,19). The van der Waals surface area contributed by atoms with Crippen molar-refractivity contribution in [2.24, 2.45) is 5.92 Å². The van der Waals surface area contributed by atoms with E-state index in [1.165, 1.54) is 0 Å². The number of carbonyl (C=O) groups is 3. The van der Waals surface area contributed by atoms with E-state index in [-0.39, 0.29) is 30.8 Å². The lowest BCUT2D eigenvalue weighted by Crippen LogP contribution is -2.54. The maximum absolute atomic E-state index is 12.0. The van der Waals surface area contributed by atoms with E-state index in [1.807, 2.05) is 13.8 Å². The molecule has 2 fully saturated rings. The monoisotopic (exact) mass is 309 g/mol. The van der Waals surface area contributed by atoms with Gasteiger partial charge in [-0.25, -0.2) is 0 Å². The molecule has 0 aromatic rings. The van der Waals surface area contributed by atoms with Crippen LogP contribution >= 0.6 is 0 Å². The SMILES string of the molecule is C=C(C)C(=O)NCCC(=O)OC1(C)CCC2CC1(C)OC2=O. The Kier molecular flexibility index (Phi) is 4.31. The molecule has 0 radical (unpaired) electrons. The summed E-state index contributed by atoms with van der Waals surface area (Å²) < 4.78 is 11.1. The van der Waals surface area contributed by atoms with Crippen molar-refractivity contribution in [1.29, 1.82) is 0 Å². The number of hydrogen-bond acceptors (Lipinski definition) is 5. The number of hydrogen-bond donors (Lipinski definition) is 1. The molecule has 1 aliphatic carbocycles. The minimum atomic E-state index is -0.814. The second-order valence-electron chi connectivity index (χ2n) is 6.58. The Balaban J connectivity index is 1.89. The van der Waals surface area contributed by atoms with Crippen molar-refractivity contribution in [1.82, 2.24) is 5.32 Å². The Labute approximate surface area is 130 Å². The number of esters is 2. The summed E-state index contributed by atoms with van der Waals surface area (Å²) in [5.74, 6) is -0.967. The van der Waals surface area contributed by atoms with E-state index >= 15 is 0 Å². The number of fused-ring (bicyclic) bond motifs is 2. The van der Waals surface area contributed by atoms with Crippen molar-refractivity contribution >= 4 is 17.8 Å². The summed E-state index contributed by atoms with van der Waals surface area (Å²) in [7, 11) is 0. The van der Waals surface area contributed by atoms with Gasteiger partial charge in [0.25, 0.3) is 0 Å². The lowest BCUT2D eigenvalue weighted by atomic mass is 9.71. The molecule has 0 aromatic heterocycles. The normalized spacial score (nSPS) is 33.0.